The van der Waals surface area contributed by atoms with Gasteiger partial charge in [-0.05, 0) is 60.7 Å². The second kappa shape index (κ2) is 9.96. The normalized spacial score (nSPS) is 14.8. The van der Waals surface area contributed by atoms with Crippen LogP contribution in [0, 0.1) is 10.1 Å². The van der Waals surface area contributed by atoms with E-state index >= 15 is 0 Å². The summed E-state index contributed by atoms with van der Waals surface area (Å²) < 4.78 is 11.4. The van der Waals surface area contributed by atoms with Crippen LogP contribution in [0.25, 0.3) is 16.8 Å². The molecule has 1 aliphatic heterocycles. The molecule has 1 fully saturated rings. The van der Waals surface area contributed by atoms with Gasteiger partial charge in [-0.1, -0.05) is 30.3 Å². The molecule has 0 bridgehead atoms. The van der Waals surface area contributed by atoms with Crippen LogP contribution < -0.4 is 9.47 Å². The number of amides is 2. The molecule has 0 radical (unpaired) electrons. The van der Waals surface area contributed by atoms with Crippen molar-refractivity contribution in [1.82, 2.24) is 4.90 Å². The zero-order valence-corrected chi connectivity index (χ0v) is 19.5. The number of para-hydroxylation sites is 1. The minimum Gasteiger partial charge on any atom is -0.494 e. The Labute approximate surface area is 200 Å². The molecule has 0 aromatic heterocycles. The standard InChI is InChI=1S/C25H22N2O6S/c1-3-32-18-11-9-16-10-12-22(33-4-2)20(19(16)13-18)14-23-24(28)26(25(29)34-23)15-17-7-5-6-8-21(17)27(30)31/h5-14H,3-4,15H2,1-2H3/b23-14-. The highest BCUT2D eigenvalue weighted by Crippen LogP contribution is 2.38. The molecule has 0 unspecified atom stereocenters. The van der Waals surface area contributed by atoms with Crippen LogP contribution in [0.3, 0.4) is 0 Å². The number of hydrogen-bond acceptors (Lipinski definition) is 7. The Balaban J connectivity index is 1.74. The fourth-order valence-corrected chi connectivity index (χ4v) is 4.57. The maximum absolute atomic E-state index is 13.2. The van der Waals surface area contributed by atoms with Crippen molar-refractivity contribution in [2.75, 3.05) is 13.2 Å². The molecule has 9 heteroatoms. The Morgan fingerprint density at radius 2 is 1.76 bits per heavy atom. The second-order valence-corrected chi connectivity index (χ2v) is 8.37. The summed E-state index contributed by atoms with van der Waals surface area (Å²) >= 11 is 0.802. The maximum atomic E-state index is 13.2. The van der Waals surface area contributed by atoms with E-state index in [9.17, 15) is 19.7 Å². The lowest BCUT2D eigenvalue weighted by Crippen LogP contribution is -2.27. The predicted octanol–water partition coefficient (Wildman–Crippen LogP) is 5.78. The molecule has 3 aromatic rings. The van der Waals surface area contributed by atoms with E-state index in [1.165, 1.54) is 12.1 Å². The Kier molecular flexibility index (Phi) is 6.83. The van der Waals surface area contributed by atoms with E-state index in [0.29, 0.717) is 30.3 Å². The summed E-state index contributed by atoms with van der Waals surface area (Å²) in [7, 11) is 0. The molecule has 1 heterocycles. The molecule has 174 valence electrons. The summed E-state index contributed by atoms with van der Waals surface area (Å²) in [6, 6.07) is 15.5. The van der Waals surface area contributed by atoms with Crippen molar-refractivity contribution in [3.05, 3.63) is 80.7 Å². The van der Waals surface area contributed by atoms with Crippen molar-refractivity contribution in [3.8, 4) is 11.5 Å². The molecule has 1 saturated heterocycles. The molecule has 0 N–H and O–H groups in total. The predicted molar refractivity (Wildman–Crippen MR) is 131 cm³/mol. The van der Waals surface area contributed by atoms with Gasteiger partial charge >= 0.3 is 0 Å². The summed E-state index contributed by atoms with van der Waals surface area (Å²) in [5.41, 5.74) is 0.816. The van der Waals surface area contributed by atoms with Crippen molar-refractivity contribution >= 4 is 45.4 Å². The van der Waals surface area contributed by atoms with Gasteiger partial charge in [0.1, 0.15) is 11.5 Å². The van der Waals surface area contributed by atoms with Gasteiger partial charge in [-0.25, -0.2) is 0 Å². The third-order valence-corrected chi connectivity index (χ3v) is 6.18. The first-order valence-corrected chi connectivity index (χ1v) is 11.5. The van der Waals surface area contributed by atoms with Crippen LogP contribution in [-0.2, 0) is 11.3 Å². The molecule has 3 aromatic carbocycles. The van der Waals surface area contributed by atoms with Crippen molar-refractivity contribution in [2.45, 2.75) is 20.4 Å². The maximum Gasteiger partial charge on any atom is 0.293 e. The number of benzene rings is 3. The first-order chi connectivity index (χ1) is 16.4. The Hall–Kier alpha value is -3.85. The summed E-state index contributed by atoms with van der Waals surface area (Å²) in [5.74, 6) is 0.755. The number of thioether (sulfide) groups is 1. The van der Waals surface area contributed by atoms with E-state index in [-0.39, 0.29) is 22.7 Å². The van der Waals surface area contributed by atoms with Crippen LogP contribution >= 0.6 is 11.8 Å². The quantitative estimate of drug-likeness (QED) is 0.230. The van der Waals surface area contributed by atoms with Crippen LogP contribution in [-0.4, -0.2) is 34.2 Å². The largest absolute Gasteiger partial charge is 0.494 e. The Bertz CT molecular complexity index is 1310. The molecule has 4 rings (SSSR count). The van der Waals surface area contributed by atoms with E-state index < -0.39 is 16.1 Å². The summed E-state index contributed by atoms with van der Waals surface area (Å²) in [6.45, 7) is 4.52. The number of rotatable bonds is 8. The highest BCUT2D eigenvalue weighted by Gasteiger charge is 2.36. The van der Waals surface area contributed by atoms with Gasteiger partial charge in [-0.3, -0.25) is 24.6 Å². The number of nitro groups is 1. The molecular formula is C25H22N2O6S. The topological polar surface area (TPSA) is 99.0 Å². The first kappa shape index (κ1) is 23.3. The zero-order valence-electron chi connectivity index (χ0n) is 18.6. The Morgan fingerprint density at radius 1 is 1.03 bits per heavy atom. The molecule has 0 aliphatic carbocycles. The van der Waals surface area contributed by atoms with Gasteiger partial charge in [-0.15, -0.1) is 0 Å². The third kappa shape index (κ3) is 4.60. The van der Waals surface area contributed by atoms with Crippen molar-refractivity contribution in [3.63, 3.8) is 0 Å². The van der Waals surface area contributed by atoms with E-state index in [2.05, 4.69) is 0 Å². The number of fused-ring (bicyclic) bond motifs is 1. The van der Waals surface area contributed by atoms with Crippen LogP contribution in [0.2, 0.25) is 0 Å². The van der Waals surface area contributed by atoms with E-state index in [1.807, 2.05) is 44.2 Å². The third-order valence-electron chi connectivity index (χ3n) is 5.27. The van der Waals surface area contributed by atoms with E-state index in [1.54, 1.807) is 18.2 Å². The molecule has 0 saturated carbocycles. The zero-order chi connectivity index (χ0) is 24.2. The lowest BCUT2D eigenvalue weighted by Gasteiger charge is -2.13. The first-order valence-electron chi connectivity index (χ1n) is 10.7. The SMILES string of the molecule is CCOc1ccc2ccc(OCC)c(/C=C3\SC(=O)N(Cc4ccccc4[N+](=O)[O-])C3=O)c2c1. The monoisotopic (exact) mass is 478 g/mol. The summed E-state index contributed by atoms with van der Waals surface area (Å²) in [5, 5.41) is 12.6. The minimum atomic E-state index is -0.523. The number of imide groups is 1. The lowest BCUT2D eigenvalue weighted by atomic mass is 10.0. The summed E-state index contributed by atoms with van der Waals surface area (Å²) in [6.07, 6.45) is 1.65. The summed E-state index contributed by atoms with van der Waals surface area (Å²) in [4.78, 5) is 37.9. The number of ether oxygens (including phenoxy) is 2. The minimum absolute atomic E-state index is 0.137. The lowest BCUT2D eigenvalue weighted by molar-refractivity contribution is -0.385. The fourth-order valence-electron chi connectivity index (χ4n) is 3.75. The van der Waals surface area contributed by atoms with Gasteiger partial charge in [0.15, 0.2) is 0 Å². The van der Waals surface area contributed by atoms with Crippen LogP contribution in [0.5, 0.6) is 11.5 Å². The van der Waals surface area contributed by atoms with Gasteiger partial charge in [0.2, 0.25) is 0 Å². The number of carbonyl (C=O) groups is 2. The molecule has 1 aliphatic rings. The van der Waals surface area contributed by atoms with Gasteiger partial charge < -0.3 is 9.47 Å². The molecule has 8 nitrogen and oxygen atoms in total. The highest BCUT2D eigenvalue weighted by molar-refractivity contribution is 8.18. The van der Waals surface area contributed by atoms with Crippen molar-refractivity contribution in [1.29, 1.82) is 0 Å². The average molecular weight is 479 g/mol. The van der Waals surface area contributed by atoms with Crippen molar-refractivity contribution < 1.29 is 24.0 Å². The van der Waals surface area contributed by atoms with E-state index in [0.717, 1.165) is 27.4 Å². The molecule has 2 amide bonds. The Morgan fingerprint density at radius 3 is 2.50 bits per heavy atom. The number of carbonyl (C=O) groups excluding carboxylic acids is 2. The van der Waals surface area contributed by atoms with Gasteiger partial charge in [0.25, 0.3) is 16.8 Å². The van der Waals surface area contributed by atoms with Crippen LogP contribution in [0.15, 0.2) is 59.5 Å². The average Bonchev–Trinajstić information content (AvgIpc) is 3.08. The highest BCUT2D eigenvalue weighted by atomic mass is 32.2. The van der Waals surface area contributed by atoms with E-state index in [4.69, 9.17) is 9.47 Å². The molecule has 0 spiro atoms. The molecular weight excluding hydrogens is 456 g/mol. The van der Waals surface area contributed by atoms with Gasteiger partial charge in [0, 0.05) is 17.2 Å². The second-order valence-electron chi connectivity index (χ2n) is 7.38. The van der Waals surface area contributed by atoms with Crippen LogP contribution in [0.4, 0.5) is 10.5 Å². The molecule has 34 heavy (non-hydrogen) atoms. The smallest absolute Gasteiger partial charge is 0.293 e. The van der Waals surface area contributed by atoms with Gasteiger partial charge in [0.05, 0.1) is 29.6 Å². The van der Waals surface area contributed by atoms with Gasteiger partial charge in [-0.2, -0.15) is 0 Å². The number of nitrogens with zero attached hydrogens (tertiary/aromatic N) is 2. The van der Waals surface area contributed by atoms with Crippen LogP contribution in [0.1, 0.15) is 25.0 Å². The molecule has 0 atom stereocenters. The number of nitro benzene ring substituents is 1. The van der Waals surface area contributed by atoms with Crippen molar-refractivity contribution in [2.24, 2.45) is 0 Å². The number of hydrogen-bond donors (Lipinski definition) is 0. The fraction of sp³-hybridized carbons (Fsp3) is 0.200.